The molecule has 0 unspecified atom stereocenters. The van der Waals surface area contributed by atoms with E-state index in [-0.39, 0.29) is 17.0 Å². The van der Waals surface area contributed by atoms with Crippen LogP contribution in [0.2, 0.25) is 0 Å². The van der Waals surface area contributed by atoms with Gasteiger partial charge in [-0.05, 0) is 18.2 Å². The number of rotatable bonds is 4. The number of benzene rings is 2. The van der Waals surface area contributed by atoms with Crippen LogP contribution in [0.25, 0.3) is 22.3 Å². The monoisotopic (exact) mass is 517 g/mol. The quantitative estimate of drug-likeness (QED) is 0.449. The minimum absolute atomic E-state index is 0.0814. The molecule has 1 heterocycles. The number of nitrogens with zero attached hydrogens (tertiary/aromatic N) is 1. The Morgan fingerprint density at radius 3 is 1.95 bits per heavy atom. The molecular weight excluding hydrogens is 487 g/mol. The van der Waals surface area contributed by atoms with Crippen molar-refractivity contribution in [2.75, 3.05) is 29.6 Å². The Morgan fingerprint density at radius 1 is 0.865 bits per heavy atom. The molecule has 0 radical (unpaired) electrons. The molecule has 2 N–H and O–H groups in total. The van der Waals surface area contributed by atoms with Crippen molar-refractivity contribution < 1.29 is 27.2 Å². The summed E-state index contributed by atoms with van der Waals surface area (Å²) in [7, 11) is 2.79. The highest BCUT2D eigenvalue weighted by atomic mass is 19.1. The average molecular weight is 518 g/mol. The first-order valence-corrected chi connectivity index (χ1v) is 11.5. The molecule has 2 aromatic carbocycles. The molecule has 2 amide bonds. The first kappa shape index (κ1) is 27.8. The summed E-state index contributed by atoms with van der Waals surface area (Å²) in [5.74, 6) is -4.26. The summed E-state index contributed by atoms with van der Waals surface area (Å²) in [6.45, 7) is 9.83. The molecule has 0 aliphatic carbocycles. The second kappa shape index (κ2) is 9.57. The van der Waals surface area contributed by atoms with Gasteiger partial charge in [0.25, 0.3) is 0 Å². The molecule has 7 nitrogen and oxygen atoms in total. The summed E-state index contributed by atoms with van der Waals surface area (Å²) in [4.78, 5) is 39.1. The fourth-order valence-corrected chi connectivity index (χ4v) is 3.35. The van der Waals surface area contributed by atoms with Gasteiger partial charge in [-0.25, -0.2) is 13.2 Å². The number of fused-ring (bicyclic) bond motifs is 1. The molecule has 198 valence electrons. The Labute approximate surface area is 212 Å². The third-order valence-corrected chi connectivity index (χ3v) is 5.58. The van der Waals surface area contributed by atoms with Crippen LogP contribution in [-0.4, -0.2) is 25.9 Å². The number of halogens is 3. The van der Waals surface area contributed by atoms with Crippen LogP contribution in [0, 0.1) is 28.3 Å². The van der Waals surface area contributed by atoms with Crippen molar-refractivity contribution in [2.45, 2.75) is 41.5 Å². The largest absolute Gasteiger partial charge is 0.453 e. The molecule has 0 bridgehead atoms. The van der Waals surface area contributed by atoms with Gasteiger partial charge in [-0.2, -0.15) is 0 Å². The number of amides is 2. The lowest BCUT2D eigenvalue weighted by molar-refractivity contribution is -0.123. The van der Waals surface area contributed by atoms with Crippen LogP contribution in [0.5, 0.6) is 0 Å². The van der Waals surface area contributed by atoms with Crippen molar-refractivity contribution in [3.63, 3.8) is 0 Å². The second-order valence-corrected chi connectivity index (χ2v) is 11.0. The number of anilines is 3. The van der Waals surface area contributed by atoms with Crippen molar-refractivity contribution >= 4 is 39.8 Å². The molecule has 0 aliphatic rings. The number of hydrogen-bond donors (Lipinski definition) is 2. The van der Waals surface area contributed by atoms with Gasteiger partial charge in [0, 0.05) is 36.6 Å². The van der Waals surface area contributed by atoms with Crippen LogP contribution < -0.4 is 21.0 Å². The SMILES string of the molecule is CN(C)c1c(F)c(NC(=O)C(C)(C)C)c2c(=O)cc(-c3ccc(NC(=O)C(C)(C)C)c(F)c3)oc2c1F. The number of nitrogens with one attached hydrogen (secondary N) is 2. The maximum atomic E-state index is 15.5. The zero-order chi connectivity index (χ0) is 28.0. The number of carbonyl (C=O) groups is 2. The predicted octanol–water partition coefficient (Wildman–Crippen LogP) is 5.91. The fourth-order valence-electron chi connectivity index (χ4n) is 3.35. The second-order valence-electron chi connectivity index (χ2n) is 11.0. The van der Waals surface area contributed by atoms with Gasteiger partial charge in [0.15, 0.2) is 22.6 Å². The van der Waals surface area contributed by atoms with Gasteiger partial charge in [-0.3, -0.25) is 14.4 Å². The lowest BCUT2D eigenvalue weighted by Crippen LogP contribution is -2.29. The summed E-state index contributed by atoms with van der Waals surface area (Å²) >= 11 is 0. The van der Waals surface area contributed by atoms with E-state index in [2.05, 4.69) is 10.6 Å². The van der Waals surface area contributed by atoms with Crippen molar-refractivity contribution in [3.8, 4) is 11.3 Å². The molecule has 37 heavy (non-hydrogen) atoms. The van der Waals surface area contributed by atoms with Crippen molar-refractivity contribution in [1.82, 2.24) is 0 Å². The van der Waals surface area contributed by atoms with Gasteiger partial charge in [-0.1, -0.05) is 41.5 Å². The van der Waals surface area contributed by atoms with Crippen LogP contribution >= 0.6 is 0 Å². The van der Waals surface area contributed by atoms with Gasteiger partial charge in [-0.15, -0.1) is 0 Å². The van der Waals surface area contributed by atoms with E-state index in [1.165, 1.54) is 26.2 Å². The molecule has 0 saturated heterocycles. The predicted molar refractivity (Wildman–Crippen MR) is 138 cm³/mol. The highest BCUT2D eigenvalue weighted by molar-refractivity contribution is 6.04. The van der Waals surface area contributed by atoms with E-state index in [0.717, 1.165) is 17.0 Å². The van der Waals surface area contributed by atoms with Crippen molar-refractivity contribution in [2.24, 2.45) is 10.8 Å². The lowest BCUT2D eigenvalue weighted by atomic mass is 9.95. The Balaban J connectivity index is 2.22. The third-order valence-electron chi connectivity index (χ3n) is 5.58. The summed E-state index contributed by atoms with van der Waals surface area (Å²) < 4.78 is 51.3. The van der Waals surface area contributed by atoms with Gasteiger partial charge >= 0.3 is 0 Å². The van der Waals surface area contributed by atoms with Crippen molar-refractivity contribution in [3.05, 3.63) is 51.9 Å². The molecule has 10 heteroatoms. The highest BCUT2D eigenvalue weighted by Gasteiger charge is 2.30. The molecule has 0 spiro atoms. The first-order chi connectivity index (χ1) is 16.9. The maximum absolute atomic E-state index is 15.5. The van der Waals surface area contributed by atoms with E-state index in [1.807, 2.05) is 0 Å². The van der Waals surface area contributed by atoms with E-state index < -0.39 is 67.9 Å². The van der Waals surface area contributed by atoms with E-state index in [4.69, 9.17) is 4.42 Å². The molecule has 0 fully saturated rings. The Kier molecular flexibility index (Phi) is 7.18. The highest BCUT2D eigenvalue weighted by Crippen LogP contribution is 2.38. The van der Waals surface area contributed by atoms with Crippen LogP contribution in [0.3, 0.4) is 0 Å². The molecule has 0 aliphatic heterocycles. The molecule has 3 aromatic rings. The van der Waals surface area contributed by atoms with Crippen LogP contribution in [0.4, 0.5) is 30.2 Å². The zero-order valence-electron chi connectivity index (χ0n) is 22.0. The van der Waals surface area contributed by atoms with Gasteiger partial charge in [0.05, 0.1) is 16.8 Å². The first-order valence-electron chi connectivity index (χ1n) is 11.5. The lowest BCUT2D eigenvalue weighted by Gasteiger charge is -2.22. The third kappa shape index (κ3) is 5.47. The number of carbonyl (C=O) groups excluding carboxylic acids is 2. The molecule has 3 rings (SSSR count). The fraction of sp³-hybridized carbons (Fsp3) is 0.370. The van der Waals surface area contributed by atoms with Crippen LogP contribution in [-0.2, 0) is 9.59 Å². The topological polar surface area (TPSA) is 91.7 Å². The standard InChI is InChI=1S/C27H30F3N3O4/c1-26(2,3)24(35)31-15-10-9-13(11-14(15)28)17-12-16(34)18-21(32-25(36)27(4,5)6)19(29)22(33(7)8)20(30)23(18)37-17/h9-12H,1-8H3,(H,31,35)(H,32,36). The summed E-state index contributed by atoms with van der Waals surface area (Å²) in [5.41, 5.74) is -4.16. The van der Waals surface area contributed by atoms with E-state index in [1.54, 1.807) is 41.5 Å². The van der Waals surface area contributed by atoms with E-state index in [0.29, 0.717) is 0 Å². The normalized spacial score (nSPS) is 12.0. The van der Waals surface area contributed by atoms with Crippen LogP contribution in [0.15, 0.2) is 33.5 Å². The minimum atomic E-state index is -1.15. The van der Waals surface area contributed by atoms with E-state index in [9.17, 15) is 18.8 Å². The smallest absolute Gasteiger partial charge is 0.229 e. The Hall–Kier alpha value is -3.82. The number of hydrogen-bond acceptors (Lipinski definition) is 5. The molecule has 0 saturated carbocycles. The summed E-state index contributed by atoms with van der Waals surface area (Å²) in [6, 6.07) is 4.67. The van der Waals surface area contributed by atoms with Gasteiger partial charge in [0.1, 0.15) is 17.3 Å². The van der Waals surface area contributed by atoms with Crippen molar-refractivity contribution in [1.29, 1.82) is 0 Å². The Bertz CT molecular complexity index is 1470. The van der Waals surface area contributed by atoms with Crippen LogP contribution in [0.1, 0.15) is 41.5 Å². The summed E-state index contributed by atoms with van der Waals surface area (Å²) in [6.07, 6.45) is 0. The maximum Gasteiger partial charge on any atom is 0.229 e. The molecule has 0 atom stereocenters. The van der Waals surface area contributed by atoms with Gasteiger partial charge < -0.3 is 20.0 Å². The zero-order valence-corrected chi connectivity index (χ0v) is 22.0. The van der Waals surface area contributed by atoms with Gasteiger partial charge in [0.2, 0.25) is 11.8 Å². The summed E-state index contributed by atoms with van der Waals surface area (Å²) in [5, 5.41) is 4.39. The van der Waals surface area contributed by atoms with E-state index >= 15 is 8.78 Å². The molecule has 1 aromatic heterocycles. The average Bonchev–Trinajstić information content (AvgIpc) is 2.76. The minimum Gasteiger partial charge on any atom is -0.453 e. The Morgan fingerprint density at radius 2 is 1.43 bits per heavy atom. The molecular formula is C27H30F3N3O4.